The van der Waals surface area contributed by atoms with Crippen molar-refractivity contribution in [2.45, 2.75) is 6.04 Å². The minimum atomic E-state index is -0.877. The van der Waals surface area contributed by atoms with Gasteiger partial charge >= 0.3 is 0 Å². The predicted octanol–water partition coefficient (Wildman–Crippen LogP) is 4.51. The summed E-state index contributed by atoms with van der Waals surface area (Å²) >= 11 is 0. The summed E-state index contributed by atoms with van der Waals surface area (Å²) < 4.78 is 42.6. The highest BCUT2D eigenvalue weighted by Gasteiger charge is 2.49. The first-order valence-corrected chi connectivity index (χ1v) is 15.0. The fourth-order valence-corrected chi connectivity index (χ4v) is 7.13. The van der Waals surface area contributed by atoms with Crippen LogP contribution in [-0.4, -0.2) is 98.1 Å². The molecule has 4 aromatic rings. The molecule has 1 atom stereocenters. The van der Waals surface area contributed by atoms with Crippen molar-refractivity contribution in [3.63, 3.8) is 0 Å². The number of carbonyl (C=O) groups excluding carboxylic acids is 1. The highest BCUT2D eigenvalue weighted by molar-refractivity contribution is 6.01. The molecule has 2 N–H and O–H groups in total. The summed E-state index contributed by atoms with van der Waals surface area (Å²) in [5.41, 5.74) is 3.01. The number of ether oxygens (including phenoxy) is 2. The molecule has 3 aromatic carbocycles. The number of hydrogen-bond donors (Lipinski definition) is 2. The molecule has 4 aliphatic rings. The van der Waals surface area contributed by atoms with Gasteiger partial charge in [0, 0.05) is 60.3 Å². The summed E-state index contributed by atoms with van der Waals surface area (Å²) in [4.78, 5) is 22.8. The molecule has 0 saturated carbocycles. The van der Waals surface area contributed by atoms with Crippen molar-refractivity contribution < 1.29 is 23.0 Å². The number of H-pyrrole nitrogens is 1. The number of nitrogens with zero attached hydrogens (tertiary/aromatic N) is 5. The number of likely N-dealkylation sites (N-methyl/N-ethyl adjacent to an activating group) is 1. The second kappa shape index (κ2) is 10.5. The van der Waals surface area contributed by atoms with Gasteiger partial charge < -0.3 is 24.6 Å². The normalized spacial score (nSPS) is 20.5. The summed E-state index contributed by atoms with van der Waals surface area (Å²) in [5.74, 6) is -1.33. The van der Waals surface area contributed by atoms with E-state index in [1.807, 2.05) is 23.1 Å². The van der Waals surface area contributed by atoms with Gasteiger partial charge in [0.05, 0.1) is 49.3 Å². The zero-order valence-corrected chi connectivity index (χ0v) is 24.7. The molecule has 3 saturated heterocycles. The Kier molecular flexibility index (Phi) is 6.53. The molecule has 230 valence electrons. The SMILES string of the molecule is [C-]#[N+]c1cc2[nH]nc(-c3ccc4c(c3)OCC3CN(C)CCN43)c2cc1-c1c(F)cc(NC(=O)CN2CC3(COC3)C2)cc1F. The molecule has 10 nitrogen and oxygen atoms in total. The van der Waals surface area contributed by atoms with Gasteiger partial charge in [0.2, 0.25) is 5.91 Å². The second-order valence-electron chi connectivity index (χ2n) is 12.7. The number of piperazine rings is 1. The van der Waals surface area contributed by atoms with E-state index >= 15 is 8.78 Å². The van der Waals surface area contributed by atoms with Crippen LogP contribution in [0.1, 0.15) is 0 Å². The Balaban J connectivity index is 1.08. The molecule has 45 heavy (non-hydrogen) atoms. The maximum absolute atomic E-state index is 15.6. The van der Waals surface area contributed by atoms with Gasteiger partial charge in [-0.2, -0.15) is 5.10 Å². The molecular weight excluding hydrogens is 580 g/mol. The van der Waals surface area contributed by atoms with E-state index in [1.54, 1.807) is 12.1 Å². The number of nitrogens with one attached hydrogen (secondary N) is 2. The van der Waals surface area contributed by atoms with Crippen molar-refractivity contribution in [2.24, 2.45) is 5.41 Å². The highest BCUT2D eigenvalue weighted by atomic mass is 19.1. The number of halogens is 2. The Labute approximate surface area is 258 Å². The molecule has 4 aliphatic heterocycles. The topological polar surface area (TPSA) is 90.3 Å². The van der Waals surface area contributed by atoms with Crippen LogP contribution in [0.2, 0.25) is 0 Å². The standard InChI is InChI=1S/C33H31F2N7O3/c1-36-26-11-27-23(32(39-38-27)19-3-4-28-29(7-19)45-14-21-12-40(2)5-6-42(21)28)10-22(26)31-24(34)8-20(9-25(31)35)37-30(43)13-41-15-33(16-41)17-44-18-33/h3-4,7-11,21H,5-6,12-18H2,2H3,(H,37,43)(H,38,39). The number of aromatic nitrogens is 2. The molecule has 1 aromatic heterocycles. The number of aromatic amines is 1. The van der Waals surface area contributed by atoms with Crippen LogP contribution in [0.4, 0.5) is 25.8 Å². The van der Waals surface area contributed by atoms with Crippen molar-refractivity contribution in [3.8, 4) is 28.1 Å². The van der Waals surface area contributed by atoms with E-state index in [0.29, 0.717) is 42.5 Å². The number of anilines is 2. The Hall–Kier alpha value is -4.57. The van der Waals surface area contributed by atoms with Crippen molar-refractivity contribution in [1.29, 1.82) is 0 Å². The second-order valence-corrected chi connectivity index (χ2v) is 12.7. The van der Waals surface area contributed by atoms with Crippen LogP contribution in [-0.2, 0) is 9.53 Å². The maximum atomic E-state index is 15.6. The Morgan fingerprint density at radius 3 is 2.69 bits per heavy atom. The van der Waals surface area contributed by atoms with E-state index in [0.717, 1.165) is 61.9 Å². The van der Waals surface area contributed by atoms with Crippen molar-refractivity contribution >= 4 is 33.9 Å². The quantitative estimate of drug-likeness (QED) is 0.321. The number of hydrogen-bond acceptors (Lipinski definition) is 7. The van der Waals surface area contributed by atoms with E-state index < -0.39 is 11.6 Å². The van der Waals surface area contributed by atoms with Crippen LogP contribution in [0, 0.1) is 23.6 Å². The minimum absolute atomic E-state index is 0.0204. The zero-order chi connectivity index (χ0) is 30.9. The van der Waals surface area contributed by atoms with Gasteiger partial charge in [-0.15, -0.1) is 0 Å². The molecule has 1 spiro atoms. The first-order chi connectivity index (χ1) is 21.8. The lowest BCUT2D eigenvalue weighted by molar-refractivity contribution is -0.188. The van der Waals surface area contributed by atoms with Gasteiger partial charge in [0.15, 0.2) is 5.69 Å². The smallest absolute Gasteiger partial charge is 0.238 e. The van der Waals surface area contributed by atoms with Gasteiger partial charge in [0.1, 0.15) is 24.0 Å². The number of fused-ring (bicyclic) bond motifs is 4. The van der Waals surface area contributed by atoms with Crippen LogP contribution in [0.25, 0.3) is 38.1 Å². The third-order valence-electron chi connectivity index (χ3n) is 9.36. The van der Waals surface area contributed by atoms with Crippen molar-refractivity contribution in [1.82, 2.24) is 20.0 Å². The summed E-state index contributed by atoms with van der Waals surface area (Å²) in [6, 6.07) is 11.6. The fraction of sp³-hybridized carbons (Fsp3) is 0.364. The summed E-state index contributed by atoms with van der Waals surface area (Å²) in [7, 11) is 2.12. The Morgan fingerprint density at radius 2 is 1.96 bits per heavy atom. The molecule has 1 unspecified atom stereocenters. The number of carbonyl (C=O) groups is 1. The lowest BCUT2D eigenvalue weighted by Crippen LogP contribution is -2.66. The number of benzene rings is 3. The molecule has 0 radical (unpaired) electrons. The summed E-state index contributed by atoms with van der Waals surface area (Å²) in [6.07, 6.45) is 0. The number of rotatable bonds is 5. The average molecular weight is 612 g/mol. The maximum Gasteiger partial charge on any atom is 0.238 e. The van der Waals surface area contributed by atoms with E-state index in [9.17, 15) is 4.79 Å². The predicted molar refractivity (Wildman–Crippen MR) is 166 cm³/mol. The molecule has 0 bridgehead atoms. The first-order valence-electron chi connectivity index (χ1n) is 15.0. The summed E-state index contributed by atoms with van der Waals surface area (Å²) in [6.45, 7) is 14.3. The van der Waals surface area contributed by atoms with Gasteiger partial charge in [-0.3, -0.25) is 14.8 Å². The van der Waals surface area contributed by atoms with Gasteiger partial charge in [0.25, 0.3) is 0 Å². The highest BCUT2D eigenvalue weighted by Crippen LogP contribution is 2.43. The Morgan fingerprint density at radius 1 is 1.16 bits per heavy atom. The monoisotopic (exact) mass is 611 g/mol. The average Bonchev–Trinajstić information content (AvgIpc) is 3.39. The lowest BCUT2D eigenvalue weighted by Gasteiger charge is -2.54. The minimum Gasteiger partial charge on any atom is -0.489 e. The van der Waals surface area contributed by atoms with E-state index in [4.69, 9.17) is 16.0 Å². The third-order valence-corrected chi connectivity index (χ3v) is 9.36. The number of likely N-dealkylation sites (tertiary alicyclic amines) is 1. The first kappa shape index (κ1) is 27.9. The third kappa shape index (κ3) is 4.79. The van der Waals surface area contributed by atoms with Gasteiger partial charge in [-0.05, 0) is 42.9 Å². The molecule has 0 aliphatic carbocycles. The van der Waals surface area contributed by atoms with E-state index in [-0.39, 0.29) is 40.4 Å². The van der Waals surface area contributed by atoms with Crippen LogP contribution in [0.3, 0.4) is 0 Å². The molecular formula is C33H31F2N7O3. The van der Waals surface area contributed by atoms with Crippen LogP contribution in [0.15, 0.2) is 42.5 Å². The molecule has 8 rings (SSSR count). The fourth-order valence-electron chi connectivity index (χ4n) is 7.13. The van der Waals surface area contributed by atoms with Crippen LogP contribution >= 0.6 is 0 Å². The van der Waals surface area contributed by atoms with Crippen LogP contribution < -0.4 is 15.0 Å². The molecule has 1 amide bonds. The largest absolute Gasteiger partial charge is 0.489 e. The lowest BCUT2D eigenvalue weighted by atomic mass is 9.78. The van der Waals surface area contributed by atoms with E-state index in [1.165, 1.54) is 0 Å². The molecule has 5 heterocycles. The molecule has 12 heteroatoms. The summed E-state index contributed by atoms with van der Waals surface area (Å²) in [5, 5.41) is 10.7. The number of amides is 1. The van der Waals surface area contributed by atoms with E-state index in [2.05, 4.69) is 37.2 Å². The molecule has 3 fully saturated rings. The Bertz CT molecular complexity index is 1870. The van der Waals surface area contributed by atoms with Gasteiger partial charge in [-0.1, -0.05) is 12.1 Å². The van der Waals surface area contributed by atoms with Crippen molar-refractivity contribution in [3.05, 3.63) is 65.5 Å². The van der Waals surface area contributed by atoms with Crippen molar-refractivity contribution in [2.75, 3.05) is 76.4 Å². The van der Waals surface area contributed by atoms with Gasteiger partial charge in [-0.25, -0.2) is 13.6 Å². The zero-order valence-electron chi connectivity index (χ0n) is 24.7. The van der Waals surface area contributed by atoms with Crippen LogP contribution in [0.5, 0.6) is 5.75 Å².